The Labute approximate surface area is 287 Å². The minimum absolute atomic E-state index is 0.00207. The molecule has 1 fully saturated rings. The maximum atomic E-state index is 13.4. The van der Waals surface area contributed by atoms with Gasteiger partial charge in [-0.1, -0.05) is 0 Å². The summed E-state index contributed by atoms with van der Waals surface area (Å²) < 4.78 is 58.1. The predicted octanol–water partition coefficient (Wildman–Crippen LogP) is 6.28. The average Bonchev–Trinajstić information content (AvgIpc) is 3.74. The fraction of sp³-hybridized carbons (Fsp3) is 0.229. The highest BCUT2D eigenvalue weighted by molar-refractivity contribution is 5.86. The second-order valence-electron chi connectivity index (χ2n) is 11.5. The third kappa shape index (κ3) is 6.34. The van der Waals surface area contributed by atoms with Crippen LogP contribution in [0.3, 0.4) is 0 Å². The topological polar surface area (TPSA) is 180 Å². The Morgan fingerprint density at radius 2 is 1.53 bits per heavy atom. The Balaban J connectivity index is 1.24. The molecule has 15 nitrogen and oxygen atoms in total. The number of carbonyl (C=O) groups is 3. The number of carbonyl (C=O) groups excluding carboxylic acids is 3. The van der Waals surface area contributed by atoms with Crippen LogP contribution in [0, 0.1) is 27.8 Å². The highest BCUT2D eigenvalue weighted by Gasteiger charge is 2.54. The number of cyclic esters (lactones) is 1. The van der Waals surface area contributed by atoms with Gasteiger partial charge in [0, 0.05) is 35.2 Å². The standard InChI is InChI=1S/C35H27FN2O13/c1-44-27-11-17(12-28(45-2)32(27)51-35(41)49-21-9-7-20(8-10-21)38(42)43)29-22-13-25-26(48-16-47-25)14-23(22)31(30-24(29)15-46-33(30)39)50-34(40)37-19-5-3-18(36)4-6-19/h3-14,24,29-31H,15-16H2,1-2H3,(H,37,40)/t24-,29+,30+,31-/m0/s1. The summed E-state index contributed by atoms with van der Waals surface area (Å²) in [5, 5.41) is 13.5. The van der Waals surface area contributed by atoms with Crippen molar-refractivity contribution in [3.05, 3.63) is 105 Å². The second kappa shape index (κ2) is 13.4. The van der Waals surface area contributed by atoms with E-state index < -0.39 is 52.8 Å². The molecule has 2 aliphatic heterocycles. The zero-order valence-corrected chi connectivity index (χ0v) is 26.8. The molecule has 4 atom stereocenters. The number of rotatable bonds is 8. The average molecular weight is 703 g/mol. The number of ether oxygens (including phenoxy) is 8. The van der Waals surface area contributed by atoms with Crippen LogP contribution in [0.15, 0.2) is 72.8 Å². The maximum absolute atomic E-state index is 13.4. The first-order valence-corrected chi connectivity index (χ1v) is 15.4. The van der Waals surface area contributed by atoms with E-state index in [1.807, 2.05) is 0 Å². The van der Waals surface area contributed by atoms with E-state index in [1.54, 1.807) is 24.3 Å². The van der Waals surface area contributed by atoms with E-state index in [2.05, 4.69) is 5.32 Å². The number of hydrogen-bond donors (Lipinski definition) is 1. The summed E-state index contributed by atoms with van der Waals surface area (Å²) in [4.78, 5) is 49.7. The van der Waals surface area contributed by atoms with Crippen LogP contribution in [0.4, 0.5) is 25.4 Å². The molecule has 1 amide bonds. The number of benzene rings is 4. The Hall–Kier alpha value is -6.58. The van der Waals surface area contributed by atoms with Gasteiger partial charge in [-0.3, -0.25) is 20.2 Å². The zero-order chi connectivity index (χ0) is 35.8. The summed E-state index contributed by atoms with van der Waals surface area (Å²) >= 11 is 0. The van der Waals surface area contributed by atoms with Gasteiger partial charge in [-0.15, -0.1) is 0 Å². The maximum Gasteiger partial charge on any atom is 0.519 e. The largest absolute Gasteiger partial charge is 0.519 e. The van der Waals surface area contributed by atoms with E-state index in [-0.39, 0.29) is 47.8 Å². The SMILES string of the molecule is COc1cc([C@@H]2c3cc4c(cc3[C@H](OC(=O)Nc3ccc(F)cc3)[C@@H]3C(=O)OC[C@@H]23)OCO4)cc(OC)c1OC(=O)Oc1ccc([N+](=O)[O-])cc1. The van der Waals surface area contributed by atoms with Crippen molar-refractivity contribution in [3.63, 3.8) is 0 Å². The van der Waals surface area contributed by atoms with Crippen LogP contribution in [0.2, 0.25) is 0 Å². The Morgan fingerprint density at radius 3 is 2.16 bits per heavy atom. The molecule has 0 spiro atoms. The summed E-state index contributed by atoms with van der Waals surface area (Å²) in [6.07, 6.45) is -3.15. The number of non-ortho nitro benzene ring substituents is 1. The number of methoxy groups -OCH3 is 2. The summed E-state index contributed by atoms with van der Waals surface area (Å²) in [5.74, 6) is -2.32. The van der Waals surface area contributed by atoms with Crippen molar-refractivity contribution >= 4 is 29.6 Å². The van der Waals surface area contributed by atoms with E-state index >= 15 is 0 Å². The lowest BCUT2D eigenvalue weighted by molar-refractivity contribution is -0.384. The van der Waals surface area contributed by atoms with Crippen molar-refractivity contribution in [2.24, 2.45) is 11.8 Å². The monoisotopic (exact) mass is 702 g/mol. The van der Waals surface area contributed by atoms with Crippen LogP contribution < -0.4 is 33.7 Å². The molecule has 1 saturated heterocycles. The molecular weight excluding hydrogens is 675 g/mol. The van der Waals surface area contributed by atoms with Crippen molar-refractivity contribution in [2.45, 2.75) is 12.0 Å². The molecule has 0 unspecified atom stereocenters. The fourth-order valence-corrected chi connectivity index (χ4v) is 6.49. The first kappa shape index (κ1) is 32.9. The number of fused-ring (bicyclic) bond motifs is 3. The van der Waals surface area contributed by atoms with Crippen molar-refractivity contribution in [1.29, 1.82) is 0 Å². The number of nitro benzene ring substituents is 1. The zero-order valence-electron chi connectivity index (χ0n) is 26.8. The van der Waals surface area contributed by atoms with Gasteiger partial charge in [0.25, 0.3) is 5.69 Å². The van der Waals surface area contributed by atoms with Crippen LogP contribution >= 0.6 is 0 Å². The van der Waals surface area contributed by atoms with Crippen LogP contribution in [-0.4, -0.2) is 50.8 Å². The number of esters is 1. The van der Waals surface area contributed by atoms with Crippen LogP contribution in [-0.2, 0) is 14.3 Å². The van der Waals surface area contributed by atoms with Gasteiger partial charge in [0.2, 0.25) is 12.5 Å². The van der Waals surface area contributed by atoms with Crippen molar-refractivity contribution < 1.29 is 61.6 Å². The van der Waals surface area contributed by atoms with Crippen molar-refractivity contribution in [1.82, 2.24) is 0 Å². The van der Waals surface area contributed by atoms with E-state index in [9.17, 15) is 28.9 Å². The van der Waals surface area contributed by atoms with Crippen molar-refractivity contribution in [2.75, 3.05) is 32.9 Å². The summed E-state index contributed by atoms with van der Waals surface area (Å²) in [7, 11) is 2.71. The smallest absolute Gasteiger partial charge is 0.493 e. The van der Waals surface area contributed by atoms with E-state index in [0.29, 0.717) is 28.2 Å². The molecule has 4 aromatic rings. The molecule has 2 heterocycles. The third-order valence-electron chi connectivity index (χ3n) is 8.73. The number of nitrogens with zero attached hydrogens (tertiary/aromatic N) is 1. The Kier molecular flexibility index (Phi) is 8.64. The summed E-state index contributed by atoms with van der Waals surface area (Å²) in [5.41, 5.74) is 1.76. The van der Waals surface area contributed by atoms with Crippen LogP contribution in [0.5, 0.6) is 34.5 Å². The molecule has 3 aliphatic rings. The molecular formula is C35H27FN2O13. The molecule has 0 bridgehead atoms. The van der Waals surface area contributed by atoms with Gasteiger partial charge in [-0.25, -0.2) is 14.0 Å². The minimum atomic E-state index is -1.17. The highest BCUT2D eigenvalue weighted by atomic mass is 19.1. The lowest BCUT2D eigenvalue weighted by atomic mass is 9.66. The van der Waals surface area contributed by atoms with Gasteiger partial charge >= 0.3 is 18.2 Å². The van der Waals surface area contributed by atoms with Gasteiger partial charge in [0.15, 0.2) is 23.0 Å². The number of anilines is 1. The fourth-order valence-electron chi connectivity index (χ4n) is 6.49. The molecule has 51 heavy (non-hydrogen) atoms. The Bertz CT molecular complexity index is 2010. The van der Waals surface area contributed by atoms with Gasteiger partial charge in [-0.05, 0) is 71.8 Å². The second-order valence-corrected chi connectivity index (χ2v) is 11.5. The number of nitro groups is 1. The molecule has 0 radical (unpaired) electrons. The van der Waals surface area contributed by atoms with E-state index in [4.69, 9.17) is 37.9 Å². The molecule has 4 aromatic carbocycles. The lowest BCUT2D eigenvalue weighted by Crippen LogP contribution is -2.37. The van der Waals surface area contributed by atoms with Crippen LogP contribution in [0.1, 0.15) is 28.7 Å². The molecule has 16 heteroatoms. The number of hydrogen-bond acceptors (Lipinski definition) is 13. The van der Waals surface area contributed by atoms with Gasteiger partial charge in [-0.2, -0.15) is 0 Å². The quantitative estimate of drug-likeness (QED) is 0.0939. The van der Waals surface area contributed by atoms with E-state index in [0.717, 1.165) is 0 Å². The Morgan fingerprint density at radius 1 is 0.882 bits per heavy atom. The molecule has 262 valence electrons. The van der Waals surface area contributed by atoms with Gasteiger partial charge in [0.1, 0.15) is 23.6 Å². The summed E-state index contributed by atoms with van der Waals surface area (Å²) in [6.45, 7) is -0.0655. The minimum Gasteiger partial charge on any atom is -0.493 e. The first-order valence-electron chi connectivity index (χ1n) is 15.4. The third-order valence-corrected chi connectivity index (χ3v) is 8.73. The lowest BCUT2D eigenvalue weighted by Gasteiger charge is -2.38. The number of nitrogens with one attached hydrogen (secondary N) is 1. The molecule has 7 rings (SSSR count). The molecule has 0 saturated carbocycles. The number of amides is 1. The van der Waals surface area contributed by atoms with E-state index in [1.165, 1.54) is 62.8 Å². The van der Waals surface area contributed by atoms with Crippen LogP contribution in [0.25, 0.3) is 0 Å². The molecule has 0 aromatic heterocycles. The van der Waals surface area contributed by atoms with Gasteiger partial charge < -0.3 is 37.9 Å². The molecule has 1 aliphatic carbocycles. The first-order chi connectivity index (χ1) is 24.6. The van der Waals surface area contributed by atoms with Crippen molar-refractivity contribution in [3.8, 4) is 34.5 Å². The number of halogens is 1. The predicted molar refractivity (Wildman–Crippen MR) is 171 cm³/mol. The highest BCUT2D eigenvalue weighted by Crippen LogP contribution is 2.56. The molecule has 1 N–H and O–H groups in total. The van der Waals surface area contributed by atoms with Gasteiger partial charge in [0.05, 0.1) is 25.7 Å². The summed E-state index contributed by atoms with van der Waals surface area (Å²) in [6, 6.07) is 16.6. The normalized spacial score (nSPS) is 19.5.